The van der Waals surface area contributed by atoms with Gasteiger partial charge in [0.05, 0.1) is 13.7 Å². The van der Waals surface area contributed by atoms with Crippen molar-refractivity contribution in [2.75, 3.05) is 27.2 Å². The lowest BCUT2D eigenvalue weighted by Gasteiger charge is -2.27. The van der Waals surface area contributed by atoms with Crippen LogP contribution in [0.3, 0.4) is 0 Å². The number of likely N-dealkylation sites (N-methyl/N-ethyl adjacent to an activating group) is 1. The molecule has 8 heteroatoms. The molecule has 150 valence electrons. The van der Waals surface area contributed by atoms with Crippen molar-refractivity contribution in [2.45, 2.75) is 31.7 Å². The molecule has 2 aliphatic rings. The Kier molecular flexibility index (Phi) is 5.87. The molecule has 3 rings (SSSR count). The Morgan fingerprint density at radius 2 is 1.89 bits per heavy atom. The number of urea groups is 1. The van der Waals surface area contributed by atoms with E-state index in [1.807, 2.05) is 24.3 Å². The Hall–Kier alpha value is -3.03. The molecule has 0 aliphatic carbocycles. The van der Waals surface area contributed by atoms with Crippen LogP contribution in [0.25, 0.3) is 0 Å². The molecular formula is C20H25N3O5. The van der Waals surface area contributed by atoms with Crippen LogP contribution < -0.4 is 0 Å². The molecule has 1 aromatic carbocycles. The number of hydrogen-bond acceptors (Lipinski definition) is 5. The standard InChI is InChI=1S/C20H25N3O5/c1-4-9-21(2)19(25)23-13-16(10-17(23)18(24)27-3)28-20(26)22-11-14-7-5-6-8-15(14)12-22/h4-8,16-17H,1,9-13H2,2-3H3/t16?,17-/m0/s1. The monoisotopic (exact) mass is 387 g/mol. The molecule has 2 atom stereocenters. The van der Waals surface area contributed by atoms with E-state index < -0.39 is 24.2 Å². The number of likely N-dealkylation sites (tertiary alicyclic amines) is 1. The number of esters is 1. The van der Waals surface area contributed by atoms with E-state index in [0.717, 1.165) is 11.1 Å². The highest BCUT2D eigenvalue weighted by atomic mass is 16.6. The average molecular weight is 387 g/mol. The molecule has 0 spiro atoms. The first-order valence-corrected chi connectivity index (χ1v) is 9.17. The third kappa shape index (κ3) is 3.95. The second-order valence-corrected chi connectivity index (χ2v) is 7.01. The van der Waals surface area contributed by atoms with Gasteiger partial charge in [-0.2, -0.15) is 0 Å². The smallest absolute Gasteiger partial charge is 0.410 e. The summed E-state index contributed by atoms with van der Waals surface area (Å²) in [5.41, 5.74) is 2.20. The van der Waals surface area contributed by atoms with Gasteiger partial charge < -0.3 is 19.3 Å². The maximum absolute atomic E-state index is 12.6. The molecule has 0 saturated carbocycles. The Morgan fingerprint density at radius 1 is 1.25 bits per heavy atom. The second kappa shape index (κ2) is 8.33. The molecule has 8 nitrogen and oxygen atoms in total. The van der Waals surface area contributed by atoms with Crippen molar-refractivity contribution in [3.05, 3.63) is 48.0 Å². The Balaban J connectivity index is 1.64. The Morgan fingerprint density at radius 3 is 2.46 bits per heavy atom. The highest BCUT2D eigenvalue weighted by molar-refractivity contribution is 5.84. The van der Waals surface area contributed by atoms with Crippen molar-refractivity contribution in [1.82, 2.24) is 14.7 Å². The number of benzene rings is 1. The van der Waals surface area contributed by atoms with Crippen LogP contribution in [0.5, 0.6) is 0 Å². The predicted molar refractivity (Wildman–Crippen MR) is 101 cm³/mol. The minimum Gasteiger partial charge on any atom is -0.467 e. The van der Waals surface area contributed by atoms with Gasteiger partial charge in [-0.15, -0.1) is 6.58 Å². The number of fused-ring (bicyclic) bond motifs is 1. The third-order valence-corrected chi connectivity index (χ3v) is 5.08. The number of carbonyl (C=O) groups excluding carboxylic acids is 3. The number of carbonyl (C=O) groups is 3. The summed E-state index contributed by atoms with van der Waals surface area (Å²) in [6, 6.07) is 6.74. The fraction of sp³-hybridized carbons (Fsp3) is 0.450. The van der Waals surface area contributed by atoms with E-state index in [9.17, 15) is 14.4 Å². The summed E-state index contributed by atoms with van der Waals surface area (Å²) in [5, 5.41) is 0. The summed E-state index contributed by atoms with van der Waals surface area (Å²) >= 11 is 0. The summed E-state index contributed by atoms with van der Waals surface area (Å²) < 4.78 is 10.4. The summed E-state index contributed by atoms with van der Waals surface area (Å²) in [6.45, 7) is 5.09. The SMILES string of the molecule is C=CCN(C)C(=O)N1CC(OC(=O)N2Cc3ccccc3C2)C[C@H]1C(=O)OC. The minimum atomic E-state index is -0.779. The quantitative estimate of drug-likeness (QED) is 0.583. The first-order valence-electron chi connectivity index (χ1n) is 9.17. The number of hydrogen-bond donors (Lipinski definition) is 0. The van der Waals surface area contributed by atoms with Crippen LogP contribution >= 0.6 is 0 Å². The number of rotatable bonds is 4. The molecule has 28 heavy (non-hydrogen) atoms. The Labute approximate surface area is 164 Å². The van der Waals surface area contributed by atoms with Crippen molar-refractivity contribution >= 4 is 18.1 Å². The molecule has 1 saturated heterocycles. The van der Waals surface area contributed by atoms with E-state index in [-0.39, 0.29) is 19.0 Å². The van der Waals surface area contributed by atoms with E-state index in [1.54, 1.807) is 18.0 Å². The summed E-state index contributed by atoms with van der Waals surface area (Å²) in [6.07, 6.45) is 0.802. The molecule has 2 heterocycles. The Bertz CT molecular complexity index is 756. The van der Waals surface area contributed by atoms with Gasteiger partial charge in [-0.05, 0) is 11.1 Å². The highest BCUT2D eigenvalue weighted by Gasteiger charge is 2.43. The lowest BCUT2D eigenvalue weighted by molar-refractivity contribution is -0.145. The number of ether oxygens (including phenoxy) is 2. The van der Waals surface area contributed by atoms with Gasteiger partial charge in [-0.3, -0.25) is 4.90 Å². The number of methoxy groups -OCH3 is 1. The average Bonchev–Trinajstić information content (AvgIpc) is 3.31. The van der Waals surface area contributed by atoms with Crippen LogP contribution in [0.2, 0.25) is 0 Å². The predicted octanol–water partition coefficient (Wildman–Crippen LogP) is 1.99. The fourth-order valence-corrected chi connectivity index (χ4v) is 3.62. The fourth-order valence-electron chi connectivity index (χ4n) is 3.62. The lowest BCUT2D eigenvalue weighted by Crippen LogP contribution is -2.47. The number of amides is 3. The third-order valence-electron chi connectivity index (χ3n) is 5.08. The molecule has 3 amide bonds. The molecule has 0 N–H and O–H groups in total. The van der Waals surface area contributed by atoms with Crippen LogP contribution in [0.1, 0.15) is 17.5 Å². The first kappa shape index (κ1) is 19.7. The zero-order valence-electron chi connectivity index (χ0n) is 16.2. The second-order valence-electron chi connectivity index (χ2n) is 7.01. The zero-order valence-corrected chi connectivity index (χ0v) is 16.2. The van der Waals surface area contributed by atoms with Gasteiger partial charge in [0, 0.05) is 33.1 Å². The van der Waals surface area contributed by atoms with Crippen LogP contribution in [0.4, 0.5) is 9.59 Å². The van der Waals surface area contributed by atoms with E-state index in [2.05, 4.69) is 6.58 Å². The van der Waals surface area contributed by atoms with Crippen molar-refractivity contribution in [3.63, 3.8) is 0 Å². The molecule has 1 fully saturated rings. The van der Waals surface area contributed by atoms with Gasteiger partial charge in [-0.1, -0.05) is 30.3 Å². The maximum atomic E-state index is 12.6. The summed E-state index contributed by atoms with van der Waals surface area (Å²) in [5.74, 6) is -0.521. The topological polar surface area (TPSA) is 79.4 Å². The van der Waals surface area contributed by atoms with Crippen molar-refractivity contribution in [1.29, 1.82) is 0 Å². The molecule has 1 unspecified atom stereocenters. The molecule has 0 radical (unpaired) electrons. The summed E-state index contributed by atoms with van der Waals surface area (Å²) in [4.78, 5) is 41.8. The van der Waals surface area contributed by atoms with Crippen LogP contribution in [-0.2, 0) is 27.4 Å². The largest absolute Gasteiger partial charge is 0.467 e. The van der Waals surface area contributed by atoms with Gasteiger partial charge in [-0.25, -0.2) is 14.4 Å². The summed E-state index contributed by atoms with van der Waals surface area (Å²) in [7, 11) is 2.90. The first-order chi connectivity index (χ1) is 13.4. The normalized spacial score (nSPS) is 20.5. The molecule has 0 aromatic heterocycles. The molecular weight excluding hydrogens is 362 g/mol. The van der Waals surface area contributed by atoms with Crippen molar-refractivity contribution in [2.24, 2.45) is 0 Å². The zero-order chi connectivity index (χ0) is 20.3. The van der Waals surface area contributed by atoms with Gasteiger partial charge in [0.1, 0.15) is 12.1 Å². The van der Waals surface area contributed by atoms with Gasteiger partial charge in [0.2, 0.25) is 0 Å². The maximum Gasteiger partial charge on any atom is 0.410 e. The van der Waals surface area contributed by atoms with Crippen molar-refractivity contribution < 1.29 is 23.9 Å². The van der Waals surface area contributed by atoms with Crippen molar-refractivity contribution in [3.8, 4) is 0 Å². The van der Waals surface area contributed by atoms with Gasteiger partial charge in [0.15, 0.2) is 0 Å². The van der Waals surface area contributed by atoms with Crippen LogP contribution in [-0.4, -0.2) is 72.2 Å². The lowest BCUT2D eigenvalue weighted by atomic mass is 10.1. The minimum absolute atomic E-state index is 0.145. The van der Waals surface area contributed by atoms with Crippen LogP contribution in [0, 0.1) is 0 Å². The molecule has 2 aliphatic heterocycles. The molecule has 1 aromatic rings. The van der Waals surface area contributed by atoms with Gasteiger partial charge in [0.25, 0.3) is 0 Å². The highest BCUT2D eigenvalue weighted by Crippen LogP contribution is 2.26. The number of nitrogens with zero attached hydrogens (tertiary/aromatic N) is 3. The van der Waals surface area contributed by atoms with Crippen LogP contribution in [0.15, 0.2) is 36.9 Å². The van der Waals surface area contributed by atoms with E-state index >= 15 is 0 Å². The molecule has 0 bridgehead atoms. The van der Waals surface area contributed by atoms with E-state index in [0.29, 0.717) is 19.6 Å². The van der Waals surface area contributed by atoms with E-state index in [4.69, 9.17) is 9.47 Å². The van der Waals surface area contributed by atoms with E-state index in [1.165, 1.54) is 16.9 Å². The van der Waals surface area contributed by atoms with Gasteiger partial charge >= 0.3 is 18.1 Å².